The molecule has 1 heterocycles. The lowest BCUT2D eigenvalue weighted by Gasteiger charge is -2.47. The number of hydrogen-bond donors (Lipinski definition) is 1. The summed E-state index contributed by atoms with van der Waals surface area (Å²) in [6.07, 6.45) is -0.380. The Labute approximate surface area is 142 Å². The predicted octanol–water partition coefficient (Wildman–Crippen LogP) is -0.506. The molecule has 1 aromatic rings. The summed E-state index contributed by atoms with van der Waals surface area (Å²) in [6, 6.07) is 5.99. The van der Waals surface area contributed by atoms with E-state index in [2.05, 4.69) is 0 Å². The Kier molecular flexibility index (Phi) is 3.72. The molecule has 25 heavy (non-hydrogen) atoms. The summed E-state index contributed by atoms with van der Waals surface area (Å²) in [5.74, 6) is -2.46. The number of carbonyl (C=O) groups is 2. The van der Waals surface area contributed by atoms with Crippen molar-refractivity contribution in [2.24, 2.45) is 5.92 Å². The summed E-state index contributed by atoms with van der Waals surface area (Å²) in [6.45, 7) is 1.04. The number of fused-ring (bicyclic) bond motifs is 4. The number of hydrogen-bond acceptors (Lipinski definition) is 6. The number of benzene rings is 1. The maximum Gasteiger partial charge on any atom is 0.341 e. The van der Waals surface area contributed by atoms with Gasteiger partial charge in [0, 0.05) is 27.4 Å². The van der Waals surface area contributed by atoms with Crippen LogP contribution in [0.1, 0.15) is 29.3 Å². The lowest BCUT2D eigenvalue weighted by Crippen LogP contribution is -3.17. The van der Waals surface area contributed by atoms with Crippen molar-refractivity contribution in [1.82, 2.24) is 0 Å². The fourth-order valence-electron chi connectivity index (χ4n) is 4.63. The Morgan fingerprint density at radius 2 is 1.76 bits per heavy atom. The van der Waals surface area contributed by atoms with E-state index in [1.54, 1.807) is 13.1 Å². The molecule has 4 atom stereocenters. The summed E-state index contributed by atoms with van der Waals surface area (Å²) in [5, 5.41) is 24.3. The van der Waals surface area contributed by atoms with E-state index in [9.17, 15) is 29.8 Å². The van der Waals surface area contributed by atoms with Gasteiger partial charge in [0.25, 0.3) is 0 Å². The van der Waals surface area contributed by atoms with Gasteiger partial charge in [0.15, 0.2) is 13.1 Å². The molecule has 0 aromatic heterocycles. The molecule has 1 aromatic carbocycles. The molecule has 1 aliphatic heterocycles. The number of carbonyl (C=O) groups excluding carboxylic acids is 2. The van der Waals surface area contributed by atoms with E-state index in [0.717, 1.165) is 0 Å². The Balaban J connectivity index is 2.43. The van der Waals surface area contributed by atoms with Crippen LogP contribution in [0.25, 0.3) is 0 Å². The summed E-state index contributed by atoms with van der Waals surface area (Å²) in [4.78, 5) is 48.4. The first-order chi connectivity index (χ1) is 11.7. The van der Waals surface area contributed by atoms with Crippen LogP contribution in [0.3, 0.4) is 0 Å². The Hall–Kier alpha value is -2.68. The Bertz CT molecular complexity index is 809. The van der Waals surface area contributed by atoms with Crippen molar-refractivity contribution in [3.8, 4) is 0 Å². The smallest absolute Gasteiger partial charge is 0.325 e. The molecule has 132 valence electrons. The van der Waals surface area contributed by atoms with Crippen LogP contribution >= 0.6 is 0 Å². The van der Waals surface area contributed by atoms with Crippen LogP contribution in [0, 0.1) is 26.1 Å². The van der Waals surface area contributed by atoms with Gasteiger partial charge in [0.2, 0.25) is 5.78 Å². The number of Topliss-reactive ketones (excluding diaryl/α,β-unsaturated/α-hetero) is 2. The zero-order valence-electron chi connectivity index (χ0n) is 13.9. The molecule has 0 radical (unpaired) electrons. The SMILES string of the molecule is CC(=O)C[C@@H]1[C@]2([N+](=O)[O-])C[NH+](C)C[C@@]1([N+](=O)[O-])c1ccccc1C2=O. The van der Waals surface area contributed by atoms with Crippen molar-refractivity contribution in [1.29, 1.82) is 0 Å². The van der Waals surface area contributed by atoms with Crippen molar-refractivity contribution in [3.63, 3.8) is 0 Å². The highest BCUT2D eigenvalue weighted by molar-refractivity contribution is 6.06. The van der Waals surface area contributed by atoms with Crippen molar-refractivity contribution < 1.29 is 24.3 Å². The minimum absolute atomic E-state index is 0.0160. The number of piperidine rings is 1. The molecule has 1 N–H and O–H groups in total. The number of likely N-dealkylation sites (N-methyl/N-ethyl adjacent to an activating group) is 1. The Morgan fingerprint density at radius 1 is 1.20 bits per heavy atom. The molecule has 1 aliphatic carbocycles. The van der Waals surface area contributed by atoms with Crippen LogP contribution < -0.4 is 4.90 Å². The lowest BCUT2D eigenvalue weighted by molar-refractivity contribution is -0.932. The maximum atomic E-state index is 13.1. The lowest BCUT2D eigenvalue weighted by atomic mass is 9.56. The Morgan fingerprint density at radius 3 is 2.32 bits per heavy atom. The third-order valence-corrected chi connectivity index (χ3v) is 5.47. The van der Waals surface area contributed by atoms with Gasteiger partial charge in [-0.2, -0.15) is 0 Å². The summed E-state index contributed by atoms with van der Waals surface area (Å²) in [7, 11) is 1.60. The van der Waals surface area contributed by atoms with E-state index in [-0.39, 0.29) is 30.6 Å². The highest BCUT2D eigenvalue weighted by Crippen LogP contribution is 2.50. The van der Waals surface area contributed by atoms with E-state index >= 15 is 0 Å². The van der Waals surface area contributed by atoms with Crippen LogP contribution in [0.15, 0.2) is 24.3 Å². The molecule has 3 rings (SSSR count). The molecule has 1 unspecified atom stereocenters. The minimum Gasteiger partial charge on any atom is -0.325 e. The minimum atomic E-state index is -2.17. The van der Waals surface area contributed by atoms with Gasteiger partial charge in [-0.05, 0) is 6.92 Å². The quantitative estimate of drug-likeness (QED) is 0.577. The summed E-state index contributed by atoms with van der Waals surface area (Å²) < 4.78 is 0. The van der Waals surface area contributed by atoms with Gasteiger partial charge in [-0.25, -0.2) is 0 Å². The molecular weight excluding hydrogens is 330 g/mol. The number of quaternary nitrogens is 1. The fourth-order valence-corrected chi connectivity index (χ4v) is 4.63. The molecule has 0 saturated carbocycles. The van der Waals surface area contributed by atoms with Crippen LogP contribution in [0.5, 0.6) is 0 Å². The maximum absolute atomic E-state index is 13.1. The molecule has 2 aliphatic rings. The highest BCUT2D eigenvalue weighted by atomic mass is 16.6. The zero-order chi connectivity index (χ0) is 18.6. The van der Waals surface area contributed by atoms with Crippen LogP contribution in [-0.4, -0.2) is 47.1 Å². The average Bonchev–Trinajstić information content (AvgIpc) is 2.53. The molecule has 1 saturated heterocycles. The van der Waals surface area contributed by atoms with E-state index in [1.165, 1.54) is 25.1 Å². The first-order valence-corrected chi connectivity index (χ1v) is 7.92. The van der Waals surface area contributed by atoms with Gasteiger partial charge in [-0.1, -0.05) is 24.3 Å². The fraction of sp³-hybridized carbons (Fsp3) is 0.500. The van der Waals surface area contributed by atoms with E-state index in [0.29, 0.717) is 4.90 Å². The van der Waals surface area contributed by atoms with Gasteiger partial charge in [-0.3, -0.25) is 25.0 Å². The van der Waals surface area contributed by atoms with Gasteiger partial charge in [0.1, 0.15) is 11.7 Å². The second kappa shape index (κ2) is 5.41. The molecule has 0 amide bonds. The van der Waals surface area contributed by atoms with E-state index in [1.807, 2.05) is 0 Å². The topological polar surface area (TPSA) is 125 Å². The molecule has 9 heteroatoms. The normalized spacial score (nSPS) is 33.4. The molecule has 9 nitrogen and oxygen atoms in total. The largest absolute Gasteiger partial charge is 0.341 e. The molecular formula is C16H18N3O6+. The van der Waals surface area contributed by atoms with Crippen molar-refractivity contribution in [2.45, 2.75) is 24.4 Å². The van der Waals surface area contributed by atoms with Gasteiger partial charge < -0.3 is 9.69 Å². The number of rotatable bonds is 4. The number of nitro groups is 2. The predicted molar refractivity (Wildman–Crippen MR) is 84.6 cm³/mol. The number of ketones is 2. The van der Waals surface area contributed by atoms with Crippen molar-refractivity contribution in [3.05, 3.63) is 55.6 Å². The van der Waals surface area contributed by atoms with Crippen LogP contribution in [0.2, 0.25) is 0 Å². The van der Waals surface area contributed by atoms with Gasteiger partial charge in [-0.15, -0.1) is 0 Å². The monoisotopic (exact) mass is 348 g/mol. The van der Waals surface area contributed by atoms with Crippen molar-refractivity contribution in [2.75, 3.05) is 20.1 Å². The molecule has 1 fully saturated rings. The standard InChI is InChI=1S/C16H17N3O6/c1-10(20)7-13-15(18(22)23)8-17(2)9-16(13,19(24)25)14(21)11-5-3-4-6-12(11)15/h3-6,13H,7-9H2,1-2H3/p+1/t13-,15+,16+/m0/s1. The third-order valence-electron chi connectivity index (χ3n) is 5.47. The van der Waals surface area contributed by atoms with Crippen molar-refractivity contribution >= 4 is 11.6 Å². The summed E-state index contributed by atoms with van der Waals surface area (Å²) >= 11 is 0. The second-order valence-electron chi connectivity index (χ2n) is 7.01. The van der Waals surface area contributed by atoms with E-state index < -0.39 is 38.4 Å². The third kappa shape index (κ3) is 2.05. The highest BCUT2D eigenvalue weighted by Gasteiger charge is 2.79. The zero-order valence-corrected chi connectivity index (χ0v) is 13.9. The molecule has 2 bridgehead atoms. The second-order valence-corrected chi connectivity index (χ2v) is 7.01. The van der Waals surface area contributed by atoms with Gasteiger partial charge in [0.05, 0.1) is 7.05 Å². The summed E-state index contributed by atoms with van der Waals surface area (Å²) in [5.41, 5.74) is -3.82. The van der Waals surface area contributed by atoms with Crippen LogP contribution in [0.4, 0.5) is 0 Å². The number of likely N-dealkylation sites (tertiary alicyclic amines) is 1. The van der Waals surface area contributed by atoms with Crippen LogP contribution in [-0.2, 0) is 10.3 Å². The first-order valence-electron chi connectivity index (χ1n) is 7.92. The number of nitrogens with zero attached hydrogens (tertiary/aromatic N) is 2. The average molecular weight is 348 g/mol. The van der Waals surface area contributed by atoms with Gasteiger partial charge >= 0.3 is 11.1 Å². The molecule has 0 spiro atoms. The first kappa shape index (κ1) is 17.2. The number of nitrogens with one attached hydrogen (secondary N) is 1. The van der Waals surface area contributed by atoms with E-state index in [4.69, 9.17) is 0 Å².